The molecule has 7 nitrogen and oxygen atoms in total. The van der Waals surface area contributed by atoms with Gasteiger partial charge >= 0.3 is 12.1 Å². The van der Waals surface area contributed by atoms with Gasteiger partial charge in [0.05, 0.1) is 20.3 Å². The summed E-state index contributed by atoms with van der Waals surface area (Å²) in [6, 6.07) is -0.970. The second-order valence-corrected chi connectivity index (χ2v) is 3.81. The van der Waals surface area contributed by atoms with Crippen LogP contribution in [-0.2, 0) is 14.3 Å². The third-order valence-electron chi connectivity index (χ3n) is 2.55. The van der Waals surface area contributed by atoms with Crippen molar-refractivity contribution in [1.29, 1.82) is 0 Å². The van der Waals surface area contributed by atoms with E-state index < -0.39 is 23.7 Å². The van der Waals surface area contributed by atoms with E-state index in [9.17, 15) is 14.7 Å². The van der Waals surface area contributed by atoms with Crippen LogP contribution in [0.15, 0.2) is 0 Å². The van der Waals surface area contributed by atoms with Gasteiger partial charge in [-0.25, -0.2) is 9.59 Å². The molecule has 1 fully saturated rings. The van der Waals surface area contributed by atoms with E-state index in [2.05, 4.69) is 4.74 Å². The number of hydrogen-bond acceptors (Lipinski definition) is 5. The highest BCUT2D eigenvalue weighted by atomic mass is 16.5. The van der Waals surface area contributed by atoms with Crippen molar-refractivity contribution in [2.45, 2.75) is 18.1 Å². The molecular weight excluding hydrogens is 218 g/mol. The van der Waals surface area contributed by atoms with Gasteiger partial charge in [0, 0.05) is 13.5 Å². The van der Waals surface area contributed by atoms with Gasteiger partial charge in [0.25, 0.3) is 0 Å². The number of hydrogen-bond donors (Lipinski definition) is 2. The van der Waals surface area contributed by atoms with E-state index >= 15 is 0 Å². The number of likely N-dealkylation sites (tertiary alicyclic amines) is 1. The minimum Gasteiger partial charge on any atom is -0.467 e. The Morgan fingerprint density at radius 2 is 2.12 bits per heavy atom. The van der Waals surface area contributed by atoms with Gasteiger partial charge in [-0.15, -0.1) is 0 Å². The highest BCUT2D eigenvalue weighted by Crippen LogP contribution is 2.28. The molecular formula is C9H15NO6. The van der Waals surface area contributed by atoms with Crippen molar-refractivity contribution < 1.29 is 29.3 Å². The Kier molecular flexibility index (Phi) is 3.71. The maximum absolute atomic E-state index is 11.3. The smallest absolute Gasteiger partial charge is 0.408 e. The molecule has 0 saturated carbocycles. The summed E-state index contributed by atoms with van der Waals surface area (Å²) in [5.41, 5.74) is -1.33. The van der Waals surface area contributed by atoms with Gasteiger partial charge < -0.3 is 19.7 Å². The lowest BCUT2D eigenvalue weighted by molar-refractivity contribution is -0.145. The monoisotopic (exact) mass is 233 g/mol. The number of carbonyl (C=O) groups excluding carboxylic acids is 1. The summed E-state index contributed by atoms with van der Waals surface area (Å²) in [7, 11) is 2.57. The number of β-amino-alcohol motifs (C(OH)–C–C–N with tert-alkyl or cyclic N) is 1. The summed E-state index contributed by atoms with van der Waals surface area (Å²) in [6.07, 6.45) is -1.28. The summed E-state index contributed by atoms with van der Waals surface area (Å²) < 4.78 is 9.29. The van der Waals surface area contributed by atoms with Gasteiger partial charge in [-0.1, -0.05) is 0 Å². The third-order valence-corrected chi connectivity index (χ3v) is 2.55. The molecule has 1 heterocycles. The number of nitrogens with zero attached hydrogens (tertiary/aromatic N) is 1. The normalized spacial score (nSPS) is 29.2. The highest BCUT2D eigenvalue weighted by molar-refractivity contribution is 5.81. The molecule has 16 heavy (non-hydrogen) atoms. The van der Waals surface area contributed by atoms with E-state index in [0.717, 1.165) is 4.90 Å². The van der Waals surface area contributed by atoms with Crippen molar-refractivity contribution in [2.24, 2.45) is 0 Å². The first-order chi connectivity index (χ1) is 7.43. The average Bonchev–Trinajstić information content (AvgIpc) is 2.56. The first-order valence-corrected chi connectivity index (χ1v) is 4.72. The molecule has 7 heteroatoms. The summed E-state index contributed by atoms with van der Waals surface area (Å²) in [5.74, 6) is -0.672. The van der Waals surface area contributed by atoms with Crippen LogP contribution in [0.1, 0.15) is 6.42 Å². The van der Waals surface area contributed by atoms with Crippen molar-refractivity contribution in [3.63, 3.8) is 0 Å². The quantitative estimate of drug-likeness (QED) is 0.625. The van der Waals surface area contributed by atoms with Gasteiger partial charge in [0.1, 0.15) is 11.6 Å². The Labute approximate surface area is 92.6 Å². The molecule has 92 valence electrons. The van der Waals surface area contributed by atoms with Gasteiger partial charge in [0.2, 0.25) is 0 Å². The summed E-state index contributed by atoms with van der Waals surface area (Å²) in [6.45, 7) is -0.180. The zero-order valence-corrected chi connectivity index (χ0v) is 9.17. The first kappa shape index (κ1) is 12.7. The van der Waals surface area contributed by atoms with Crippen LogP contribution in [0.25, 0.3) is 0 Å². The molecule has 0 aliphatic carbocycles. The van der Waals surface area contributed by atoms with Crippen LogP contribution in [0.2, 0.25) is 0 Å². The van der Waals surface area contributed by atoms with E-state index in [1.54, 1.807) is 0 Å². The lowest BCUT2D eigenvalue weighted by atomic mass is 10.0. The number of esters is 1. The zero-order chi connectivity index (χ0) is 12.3. The molecule has 1 aliphatic heterocycles. The van der Waals surface area contributed by atoms with Crippen molar-refractivity contribution in [3.8, 4) is 0 Å². The van der Waals surface area contributed by atoms with E-state index in [1.807, 2.05) is 0 Å². The van der Waals surface area contributed by atoms with Crippen molar-refractivity contribution in [3.05, 3.63) is 0 Å². The number of methoxy groups -OCH3 is 2. The Hall–Kier alpha value is -1.34. The highest BCUT2D eigenvalue weighted by Gasteiger charge is 2.48. The minimum atomic E-state index is -1.33. The van der Waals surface area contributed by atoms with E-state index in [0.29, 0.717) is 0 Å². The molecule has 2 unspecified atom stereocenters. The van der Waals surface area contributed by atoms with Crippen molar-refractivity contribution in [1.82, 2.24) is 4.90 Å². The molecule has 1 amide bonds. The molecule has 0 bridgehead atoms. The van der Waals surface area contributed by atoms with E-state index in [4.69, 9.17) is 9.84 Å². The fraction of sp³-hybridized carbons (Fsp3) is 0.778. The summed E-state index contributed by atoms with van der Waals surface area (Å²) in [5, 5.41) is 18.9. The molecule has 2 N–H and O–H groups in total. The average molecular weight is 233 g/mol. The van der Waals surface area contributed by atoms with E-state index in [1.165, 1.54) is 14.2 Å². The van der Waals surface area contributed by atoms with Crippen LogP contribution in [0.5, 0.6) is 0 Å². The molecule has 0 aromatic heterocycles. The lowest BCUT2D eigenvalue weighted by Crippen LogP contribution is -2.41. The number of ether oxygens (including phenoxy) is 2. The zero-order valence-electron chi connectivity index (χ0n) is 9.17. The minimum absolute atomic E-state index is 0.0141. The van der Waals surface area contributed by atoms with Crippen LogP contribution in [0.3, 0.4) is 0 Å². The lowest BCUT2D eigenvalue weighted by Gasteiger charge is -2.20. The molecule has 2 atom stereocenters. The Bertz CT molecular complexity index is 294. The molecule has 0 radical (unpaired) electrons. The molecule has 1 saturated heterocycles. The summed E-state index contributed by atoms with van der Waals surface area (Å²) >= 11 is 0. The number of carbonyl (C=O) groups is 2. The van der Waals surface area contributed by atoms with Crippen LogP contribution in [-0.4, -0.2) is 66.2 Å². The molecule has 1 rings (SSSR count). The van der Waals surface area contributed by atoms with Crippen LogP contribution in [0.4, 0.5) is 4.79 Å². The Morgan fingerprint density at radius 1 is 1.50 bits per heavy atom. The number of aliphatic hydroxyl groups is 1. The third kappa shape index (κ3) is 2.42. The molecule has 0 aromatic rings. The SMILES string of the molecule is COCC1(O)CC(C(=O)OC)N(C(=O)O)C1. The number of amides is 1. The molecule has 0 spiro atoms. The second kappa shape index (κ2) is 4.67. The van der Waals surface area contributed by atoms with Crippen molar-refractivity contribution in [2.75, 3.05) is 27.4 Å². The van der Waals surface area contributed by atoms with Crippen LogP contribution in [0, 0.1) is 0 Å². The molecule has 1 aliphatic rings. The topological polar surface area (TPSA) is 96.3 Å². The van der Waals surface area contributed by atoms with Gasteiger partial charge in [-0.3, -0.25) is 4.90 Å². The largest absolute Gasteiger partial charge is 0.467 e. The van der Waals surface area contributed by atoms with Gasteiger partial charge in [-0.2, -0.15) is 0 Å². The van der Waals surface area contributed by atoms with Crippen LogP contribution < -0.4 is 0 Å². The standard InChI is InChI=1S/C9H15NO6/c1-15-5-9(14)3-6(7(11)16-2)10(4-9)8(12)13/h6,14H,3-5H2,1-2H3,(H,12,13). The van der Waals surface area contributed by atoms with E-state index in [-0.39, 0.29) is 19.6 Å². The van der Waals surface area contributed by atoms with Gasteiger partial charge in [-0.05, 0) is 0 Å². The first-order valence-electron chi connectivity index (χ1n) is 4.72. The summed E-state index contributed by atoms with van der Waals surface area (Å²) in [4.78, 5) is 23.1. The predicted molar refractivity (Wildman–Crippen MR) is 52.0 cm³/mol. The fourth-order valence-electron chi connectivity index (χ4n) is 1.88. The maximum atomic E-state index is 11.3. The maximum Gasteiger partial charge on any atom is 0.408 e. The fourth-order valence-corrected chi connectivity index (χ4v) is 1.88. The van der Waals surface area contributed by atoms with Crippen LogP contribution >= 0.6 is 0 Å². The molecule has 0 aromatic carbocycles. The van der Waals surface area contributed by atoms with Crippen molar-refractivity contribution >= 4 is 12.1 Å². The Balaban J connectivity index is 2.83. The Morgan fingerprint density at radius 3 is 2.56 bits per heavy atom. The second-order valence-electron chi connectivity index (χ2n) is 3.81. The number of rotatable bonds is 3. The predicted octanol–water partition coefficient (Wildman–Crippen LogP) is -0.711. The number of carboxylic acid groups (broad SMARTS) is 1. The van der Waals surface area contributed by atoms with Gasteiger partial charge in [0.15, 0.2) is 0 Å².